The summed E-state index contributed by atoms with van der Waals surface area (Å²) in [6.45, 7) is 5.23. The summed E-state index contributed by atoms with van der Waals surface area (Å²) in [4.78, 5) is 2.12. The zero-order valence-corrected chi connectivity index (χ0v) is 6.53. The molecule has 8 heavy (non-hydrogen) atoms. The summed E-state index contributed by atoms with van der Waals surface area (Å²) < 4.78 is 0. The van der Waals surface area contributed by atoms with E-state index in [-0.39, 0.29) is 12.4 Å². The maximum Gasteiger partial charge on any atom is 0.0140 e. The number of hydrogen-bond acceptors (Lipinski definition) is 1. The Labute approximate surface area is 57.8 Å². The lowest BCUT2D eigenvalue weighted by Crippen LogP contribution is -2.07. The molecule has 0 atom stereocenters. The average molecular weight is 136 g/mol. The second-order valence-corrected chi connectivity index (χ2v) is 1.56. The van der Waals surface area contributed by atoms with Crippen LogP contribution in [0.15, 0.2) is 12.3 Å². The van der Waals surface area contributed by atoms with Gasteiger partial charge in [-0.1, -0.05) is 6.08 Å². The van der Waals surface area contributed by atoms with E-state index in [1.807, 2.05) is 13.0 Å². The SMILES string of the molecule is CC=CN(C)CC.Cl. The van der Waals surface area contributed by atoms with Crippen LogP contribution < -0.4 is 0 Å². The maximum atomic E-state index is 2.12. The summed E-state index contributed by atoms with van der Waals surface area (Å²) in [5.41, 5.74) is 0. The van der Waals surface area contributed by atoms with Gasteiger partial charge in [0, 0.05) is 13.6 Å². The largest absolute Gasteiger partial charge is 0.381 e. The number of rotatable bonds is 2. The van der Waals surface area contributed by atoms with Gasteiger partial charge in [-0.2, -0.15) is 0 Å². The lowest BCUT2D eigenvalue weighted by molar-refractivity contribution is 0.483. The highest BCUT2D eigenvalue weighted by atomic mass is 35.5. The molecule has 0 radical (unpaired) electrons. The molecule has 0 heterocycles. The smallest absolute Gasteiger partial charge is 0.0140 e. The molecule has 0 saturated heterocycles. The molecule has 0 aliphatic rings. The van der Waals surface area contributed by atoms with Crippen molar-refractivity contribution in [3.63, 3.8) is 0 Å². The molecule has 0 rings (SSSR count). The van der Waals surface area contributed by atoms with Crippen molar-refractivity contribution in [3.05, 3.63) is 12.3 Å². The molecule has 0 aromatic rings. The number of allylic oxidation sites excluding steroid dienone is 1. The van der Waals surface area contributed by atoms with Crippen LogP contribution in [0.25, 0.3) is 0 Å². The molecule has 0 amide bonds. The van der Waals surface area contributed by atoms with Gasteiger partial charge in [-0.05, 0) is 20.0 Å². The first kappa shape index (κ1) is 10.7. The summed E-state index contributed by atoms with van der Waals surface area (Å²) >= 11 is 0. The third kappa shape index (κ3) is 5.83. The topological polar surface area (TPSA) is 3.24 Å². The number of nitrogens with zero attached hydrogens (tertiary/aromatic N) is 1. The Hall–Kier alpha value is -0.170. The average Bonchev–Trinajstić information content (AvgIpc) is 1.68. The highest BCUT2D eigenvalue weighted by Gasteiger charge is 1.76. The van der Waals surface area contributed by atoms with E-state index in [4.69, 9.17) is 0 Å². The predicted octanol–water partition coefficient (Wildman–Crippen LogP) is 1.89. The predicted molar refractivity (Wildman–Crippen MR) is 40.4 cm³/mol. The summed E-state index contributed by atoms with van der Waals surface area (Å²) in [6.07, 6.45) is 4.09. The van der Waals surface area contributed by atoms with Crippen LogP contribution in [0.5, 0.6) is 0 Å². The van der Waals surface area contributed by atoms with Gasteiger partial charge in [-0.15, -0.1) is 12.4 Å². The van der Waals surface area contributed by atoms with E-state index in [2.05, 4.69) is 25.1 Å². The second-order valence-electron chi connectivity index (χ2n) is 1.56. The van der Waals surface area contributed by atoms with Gasteiger partial charge in [0.15, 0.2) is 0 Å². The molecule has 0 spiro atoms. The van der Waals surface area contributed by atoms with Gasteiger partial charge in [0.25, 0.3) is 0 Å². The van der Waals surface area contributed by atoms with Crippen molar-refractivity contribution in [2.45, 2.75) is 13.8 Å². The molecule has 0 unspecified atom stereocenters. The monoisotopic (exact) mass is 135 g/mol. The van der Waals surface area contributed by atoms with Crippen molar-refractivity contribution in [2.24, 2.45) is 0 Å². The van der Waals surface area contributed by atoms with Crippen molar-refractivity contribution in [2.75, 3.05) is 13.6 Å². The van der Waals surface area contributed by atoms with E-state index < -0.39 is 0 Å². The Morgan fingerprint density at radius 3 is 2.12 bits per heavy atom. The van der Waals surface area contributed by atoms with Gasteiger partial charge in [0.05, 0.1) is 0 Å². The maximum absolute atomic E-state index is 2.12. The molecule has 1 nitrogen and oxygen atoms in total. The first-order chi connectivity index (χ1) is 3.31. The molecule has 50 valence electrons. The minimum Gasteiger partial charge on any atom is -0.381 e. The third-order valence-corrected chi connectivity index (χ3v) is 0.902. The van der Waals surface area contributed by atoms with Crippen molar-refractivity contribution in [1.82, 2.24) is 4.90 Å². The van der Waals surface area contributed by atoms with Crippen molar-refractivity contribution in [1.29, 1.82) is 0 Å². The van der Waals surface area contributed by atoms with E-state index in [1.54, 1.807) is 0 Å². The summed E-state index contributed by atoms with van der Waals surface area (Å²) in [7, 11) is 2.06. The van der Waals surface area contributed by atoms with E-state index in [1.165, 1.54) is 0 Å². The summed E-state index contributed by atoms with van der Waals surface area (Å²) in [5, 5.41) is 0. The molecule has 0 saturated carbocycles. The fraction of sp³-hybridized carbons (Fsp3) is 0.667. The second kappa shape index (κ2) is 6.83. The normalized spacial score (nSPS) is 8.88. The van der Waals surface area contributed by atoms with Crippen LogP contribution in [0.4, 0.5) is 0 Å². The molecular formula is C6H14ClN. The minimum absolute atomic E-state index is 0. The molecule has 2 heteroatoms. The molecule has 0 aromatic carbocycles. The summed E-state index contributed by atoms with van der Waals surface area (Å²) in [5.74, 6) is 0. The lowest BCUT2D eigenvalue weighted by Gasteiger charge is -2.07. The van der Waals surface area contributed by atoms with Gasteiger partial charge in [-0.25, -0.2) is 0 Å². The zero-order valence-electron chi connectivity index (χ0n) is 5.72. The first-order valence-corrected chi connectivity index (χ1v) is 2.64. The van der Waals surface area contributed by atoms with Crippen LogP contribution in [0, 0.1) is 0 Å². The number of hydrogen-bond donors (Lipinski definition) is 0. The highest BCUT2D eigenvalue weighted by Crippen LogP contribution is 1.79. The number of halogens is 1. The van der Waals surface area contributed by atoms with Crippen molar-refractivity contribution < 1.29 is 0 Å². The molecule has 0 N–H and O–H groups in total. The zero-order chi connectivity index (χ0) is 5.70. The van der Waals surface area contributed by atoms with Crippen LogP contribution >= 0.6 is 12.4 Å². The molecule has 0 fully saturated rings. The van der Waals surface area contributed by atoms with Crippen LogP contribution in [-0.4, -0.2) is 18.5 Å². The van der Waals surface area contributed by atoms with E-state index >= 15 is 0 Å². The Bertz CT molecular complexity index is 61.5. The Morgan fingerprint density at radius 1 is 1.50 bits per heavy atom. The van der Waals surface area contributed by atoms with Gasteiger partial charge >= 0.3 is 0 Å². The quantitative estimate of drug-likeness (QED) is 0.559. The van der Waals surface area contributed by atoms with Gasteiger partial charge in [0.1, 0.15) is 0 Å². The van der Waals surface area contributed by atoms with Gasteiger partial charge in [-0.3, -0.25) is 0 Å². The van der Waals surface area contributed by atoms with Gasteiger partial charge < -0.3 is 4.90 Å². The molecule has 0 aliphatic heterocycles. The van der Waals surface area contributed by atoms with E-state index in [9.17, 15) is 0 Å². The summed E-state index contributed by atoms with van der Waals surface area (Å²) in [6, 6.07) is 0. The van der Waals surface area contributed by atoms with Crippen LogP contribution in [-0.2, 0) is 0 Å². The van der Waals surface area contributed by atoms with Crippen LogP contribution in [0.3, 0.4) is 0 Å². The Kier molecular flexibility index (Phi) is 9.17. The minimum atomic E-state index is 0. The molecule has 0 bridgehead atoms. The molecule has 0 aromatic heterocycles. The van der Waals surface area contributed by atoms with E-state index in [0.29, 0.717) is 0 Å². The van der Waals surface area contributed by atoms with Crippen molar-refractivity contribution >= 4 is 12.4 Å². The van der Waals surface area contributed by atoms with Gasteiger partial charge in [0.2, 0.25) is 0 Å². The highest BCUT2D eigenvalue weighted by molar-refractivity contribution is 5.85. The standard InChI is InChI=1S/C6H13N.ClH/c1-4-6-7(3)5-2;/h4,6H,5H2,1-3H3;1H. The third-order valence-electron chi connectivity index (χ3n) is 0.902. The van der Waals surface area contributed by atoms with E-state index in [0.717, 1.165) is 6.54 Å². The lowest BCUT2D eigenvalue weighted by atomic mass is 10.6. The van der Waals surface area contributed by atoms with Crippen LogP contribution in [0.2, 0.25) is 0 Å². The Morgan fingerprint density at radius 2 is 2.00 bits per heavy atom. The first-order valence-electron chi connectivity index (χ1n) is 2.64. The Balaban J connectivity index is 0. The van der Waals surface area contributed by atoms with Crippen molar-refractivity contribution in [3.8, 4) is 0 Å². The fourth-order valence-corrected chi connectivity index (χ4v) is 0.360. The van der Waals surface area contributed by atoms with Crippen LogP contribution in [0.1, 0.15) is 13.8 Å². The fourth-order valence-electron chi connectivity index (χ4n) is 0.360. The molecule has 0 aliphatic carbocycles. The molecular weight excluding hydrogens is 122 g/mol.